The summed E-state index contributed by atoms with van der Waals surface area (Å²) in [6.07, 6.45) is 4.65. The molecule has 1 aromatic heterocycles. The summed E-state index contributed by atoms with van der Waals surface area (Å²) in [5, 5.41) is 0.747. The number of rotatable bonds is 7. The van der Waals surface area contributed by atoms with Gasteiger partial charge in [-0.3, -0.25) is 4.98 Å². The molecular weight excluding hydrogens is 446 g/mol. The van der Waals surface area contributed by atoms with Crippen molar-refractivity contribution in [3.8, 4) is 0 Å². The Kier molecular flexibility index (Phi) is 6.62. The van der Waals surface area contributed by atoms with Gasteiger partial charge in [-0.25, -0.2) is 16.8 Å². The molecule has 1 fully saturated rings. The highest BCUT2D eigenvalue weighted by Crippen LogP contribution is 2.26. The number of pyridine rings is 1. The lowest BCUT2D eigenvalue weighted by Gasteiger charge is -2.33. The summed E-state index contributed by atoms with van der Waals surface area (Å²) in [5.41, 5.74) is 1.54. The maximum Gasteiger partial charge on any atom is 0.245 e. The molecule has 2 heterocycles. The first kappa shape index (κ1) is 22.8. The number of hydrogen-bond acceptors (Lipinski definition) is 5. The molecule has 0 atom stereocenters. The van der Waals surface area contributed by atoms with Gasteiger partial charge < -0.3 is 0 Å². The lowest BCUT2D eigenvalue weighted by molar-refractivity contribution is 0.273. The fourth-order valence-corrected chi connectivity index (χ4v) is 6.94. The molecule has 0 N–H and O–H groups in total. The molecule has 0 amide bonds. The second-order valence-electron chi connectivity index (χ2n) is 7.89. The van der Waals surface area contributed by atoms with Gasteiger partial charge in [0.05, 0.1) is 10.4 Å². The molecular formula is C23H27N3O4S2. The number of aromatic nitrogens is 1. The molecule has 3 aromatic rings. The molecule has 32 heavy (non-hydrogen) atoms. The third kappa shape index (κ3) is 4.43. The molecule has 2 aromatic carbocycles. The van der Waals surface area contributed by atoms with E-state index in [9.17, 15) is 16.8 Å². The van der Waals surface area contributed by atoms with Crippen LogP contribution in [0.4, 0.5) is 0 Å². The van der Waals surface area contributed by atoms with Crippen molar-refractivity contribution in [2.24, 2.45) is 0 Å². The number of fused-ring (bicyclic) bond motifs is 1. The summed E-state index contributed by atoms with van der Waals surface area (Å²) in [4.78, 5) is 4.64. The van der Waals surface area contributed by atoms with E-state index in [0.29, 0.717) is 5.52 Å². The minimum absolute atomic E-state index is 0.0966. The Balaban J connectivity index is 1.49. The highest BCUT2D eigenvalue weighted by atomic mass is 32.2. The van der Waals surface area contributed by atoms with Crippen molar-refractivity contribution >= 4 is 30.9 Å². The molecule has 0 unspecified atom stereocenters. The Morgan fingerprint density at radius 2 is 1.44 bits per heavy atom. The van der Waals surface area contributed by atoms with E-state index in [0.717, 1.165) is 30.2 Å². The highest BCUT2D eigenvalue weighted by Gasteiger charge is 2.34. The Labute approximate surface area is 189 Å². The van der Waals surface area contributed by atoms with E-state index in [-0.39, 0.29) is 36.0 Å². The first-order valence-corrected chi connectivity index (χ1v) is 13.6. The van der Waals surface area contributed by atoms with Gasteiger partial charge >= 0.3 is 0 Å². The number of aryl methyl sites for hydroxylation is 1. The normalized spacial score (nSPS) is 16.4. The molecule has 0 spiro atoms. The van der Waals surface area contributed by atoms with Crippen molar-refractivity contribution in [1.29, 1.82) is 0 Å². The molecule has 0 radical (unpaired) electrons. The van der Waals surface area contributed by atoms with Gasteiger partial charge in [-0.2, -0.15) is 8.61 Å². The predicted molar refractivity (Wildman–Crippen MR) is 124 cm³/mol. The molecule has 1 saturated heterocycles. The van der Waals surface area contributed by atoms with Crippen LogP contribution in [0, 0.1) is 0 Å². The molecule has 1 aliphatic rings. The minimum Gasteiger partial charge on any atom is -0.255 e. The molecule has 0 saturated carbocycles. The second-order valence-corrected chi connectivity index (χ2v) is 11.7. The van der Waals surface area contributed by atoms with Crippen molar-refractivity contribution in [2.75, 3.05) is 26.2 Å². The van der Waals surface area contributed by atoms with Crippen LogP contribution in [0.5, 0.6) is 0 Å². The highest BCUT2D eigenvalue weighted by molar-refractivity contribution is 7.89. The SMILES string of the molecule is CCCCc1ccc(S(=O)(=O)N2CCN(S(=O)(=O)c3cccc4cccnc34)CC2)cc1. The van der Waals surface area contributed by atoms with Gasteiger partial charge in [0, 0.05) is 37.8 Å². The molecule has 1 aliphatic heterocycles. The van der Waals surface area contributed by atoms with E-state index >= 15 is 0 Å². The van der Waals surface area contributed by atoms with Gasteiger partial charge in [0.25, 0.3) is 0 Å². The van der Waals surface area contributed by atoms with Gasteiger partial charge in [0.15, 0.2) is 0 Å². The second kappa shape index (κ2) is 9.27. The largest absolute Gasteiger partial charge is 0.255 e. The Bertz CT molecular complexity index is 1290. The number of para-hydroxylation sites is 1. The van der Waals surface area contributed by atoms with Crippen LogP contribution in [0.25, 0.3) is 10.9 Å². The number of unbranched alkanes of at least 4 members (excludes halogenated alkanes) is 1. The summed E-state index contributed by atoms with van der Waals surface area (Å²) >= 11 is 0. The van der Waals surface area contributed by atoms with Crippen molar-refractivity contribution in [1.82, 2.24) is 13.6 Å². The van der Waals surface area contributed by atoms with E-state index in [4.69, 9.17) is 0 Å². The van der Waals surface area contributed by atoms with Crippen molar-refractivity contribution in [2.45, 2.75) is 36.0 Å². The molecule has 170 valence electrons. The van der Waals surface area contributed by atoms with E-state index in [1.165, 1.54) is 8.61 Å². The first-order valence-electron chi connectivity index (χ1n) is 10.8. The summed E-state index contributed by atoms with van der Waals surface area (Å²) < 4.78 is 55.4. The maximum absolute atomic E-state index is 13.3. The van der Waals surface area contributed by atoms with E-state index < -0.39 is 20.0 Å². The third-order valence-electron chi connectivity index (χ3n) is 5.79. The zero-order valence-corrected chi connectivity index (χ0v) is 19.6. The smallest absolute Gasteiger partial charge is 0.245 e. The predicted octanol–water partition coefficient (Wildman–Crippen LogP) is 3.27. The van der Waals surface area contributed by atoms with Crippen LogP contribution in [-0.2, 0) is 26.5 Å². The number of piperazine rings is 1. The first-order chi connectivity index (χ1) is 15.3. The number of nitrogens with zero attached hydrogens (tertiary/aromatic N) is 3. The van der Waals surface area contributed by atoms with E-state index in [2.05, 4.69) is 11.9 Å². The van der Waals surface area contributed by atoms with Crippen LogP contribution in [0.2, 0.25) is 0 Å². The van der Waals surface area contributed by atoms with E-state index in [1.807, 2.05) is 24.3 Å². The zero-order valence-electron chi connectivity index (χ0n) is 18.0. The minimum atomic E-state index is -3.79. The van der Waals surface area contributed by atoms with Crippen LogP contribution >= 0.6 is 0 Å². The van der Waals surface area contributed by atoms with Crippen LogP contribution in [-0.4, -0.2) is 56.6 Å². The standard InChI is InChI=1S/C23H27N3O4S2/c1-2-3-6-19-10-12-21(13-11-19)31(27,28)25-15-17-26(18-16-25)32(29,30)22-9-4-7-20-8-5-14-24-23(20)22/h4-5,7-14H,2-3,6,15-18H2,1H3. The third-order valence-corrected chi connectivity index (χ3v) is 9.63. The zero-order chi connectivity index (χ0) is 22.8. The number of benzene rings is 2. The lowest BCUT2D eigenvalue weighted by Crippen LogP contribution is -2.50. The van der Waals surface area contributed by atoms with E-state index in [1.54, 1.807) is 36.5 Å². The number of hydrogen-bond donors (Lipinski definition) is 0. The number of sulfonamides is 2. The summed E-state index contributed by atoms with van der Waals surface area (Å²) in [7, 11) is -7.46. The van der Waals surface area contributed by atoms with Crippen molar-refractivity contribution in [3.63, 3.8) is 0 Å². The fourth-order valence-electron chi connectivity index (χ4n) is 3.93. The fraction of sp³-hybridized carbons (Fsp3) is 0.348. The average molecular weight is 474 g/mol. The molecule has 4 rings (SSSR count). The Hall–Kier alpha value is -2.33. The maximum atomic E-state index is 13.3. The quantitative estimate of drug-likeness (QED) is 0.526. The van der Waals surface area contributed by atoms with Crippen molar-refractivity contribution in [3.05, 3.63) is 66.4 Å². The van der Waals surface area contributed by atoms with Gasteiger partial charge in [0.2, 0.25) is 20.0 Å². The average Bonchev–Trinajstić information content (AvgIpc) is 2.82. The van der Waals surface area contributed by atoms with Gasteiger partial charge in [0.1, 0.15) is 4.90 Å². The van der Waals surface area contributed by atoms with Gasteiger partial charge in [-0.15, -0.1) is 0 Å². The molecule has 9 heteroatoms. The summed E-state index contributed by atoms with van der Waals surface area (Å²) in [5.74, 6) is 0. The summed E-state index contributed by atoms with van der Waals surface area (Å²) in [6, 6.07) is 15.6. The van der Waals surface area contributed by atoms with Crippen LogP contribution < -0.4 is 0 Å². The Morgan fingerprint density at radius 3 is 2.09 bits per heavy atom. The molecule has 7 nitrogen and oxygen atoms in total. The molecule has 0 aliphatic carbocycles. The topological polar surface area (TPSA) is 87.7 Å². The summed E-state index contributed by atoms with van der Waals surface area (Å²) in [6.45, 7) is 2.53. The van der Waals surface area contributed by atoms with Gasteiger partial charge in [-0.05, 0) is 42.7 Å². The monoisotopic (exact) mass is 473 g/mol. The van der Waals surface area contributed by atoms with Crippen LogP contribution in [0.3, 0.4) is 0 Å². The Morgan fingerprint density at radius 1 is 0.812 bits per heavy atom. The van der Waals surface area contributed by atoms with Crippen LogP contribution in [0.15, 0.2) is 70.6 Å². The van der Waals surface area contributed by atoms with Crippen molar-refractivity contribution < 1.29 is 16.8 Å². The van der Waals surface area contributed by atoms with Gasteiger partial charge in [-0.1, -0.05) is 43.7 Å². The van der Waals surface area contributed by atoms with Crippen LogP contribution in [0.1, 0.15) is 25.3 Å². The molecule has 0 bridgehead atoms. The lowest BCUT2D eigenvalue weighted by atomic mass is 10.1.